The van der Waals surface area contributed by atoms with Crippen LogP contribution in [0.2, 0.25) is 0 Å². The van der Waals surface area contributed by atoms with Crippen LogP contribution in [0.5, 0.6) is 29.0 Å². The molecule has 44 nitrogen and oxygen atoms in total. The van der Waals surface area contributed by atoms with Gasteiger partial charge in [0.2, 0.25) is 5.69 Å². The minimum absolute atomic E-state index is 0.0104. The van der Waals surface area contributed by atoms with Gasteiger partial charge >= 0.3 is 6.01 Å². The maximum absolute atomic E-state index is 13.7. The normalized spacial score (nSPS) is 11.0. The van der Waals surface area contributed by atoms with Crippen molar-refractivity contribution in [2.45, 2.75) is 0 Å². The Hall–Kier alpha value is -22.4. The summed E-state index contributed by atoms with van der Waals surface area (Å²) in [6.07, 6.45) is 21.8. The number of rotatable bonds is 22. The van der Waals surface area contributed by atoms with Crippen molar-refractivity contribution in [3.8, 4) is 58.9 Å². The van der Waals surface area contributed by atoms with Crippen molar-refractivity contribution >= 4 is 158 Å². The third-order valence-electron chi connectivity index (χ3n) is 20.6. The van der Waals surface area contributed by atoms with Gasteiger partial charge in [-0.1, -0.05) is 121 Å². The summed E-state index contributed by atoms with van der Waals surface area (Å²) in [5, 5.41) is 111. The monoisotopic (exact) mass is 1870 g/mol. The van der Waals surface area contributed by atoms with Crippen molar-refractivity contribution in [2.24, 2.45) is 40.9 Å². The summed E-state index contributed by atoms with van der Waals surface area (Å²) in [4.78, 5) is 113. The van der Waals surface area contributed by atoms with Gasteiger partial charge in [-0.2, -0.15) is 44.4 Å². The fourth-order valence-electron chi connectivity index (χ4n) is 14.0. The molecule has 142 heavy (non-hydrogen) atoms. The lowest BCUT2D eigenvalue weighted by Gasteiger charge is -2.15. The molecule has 0 aliphatic carbocycles. The molecule has 678 valence electrons. The number of benzene rings is 10. The van der Waals surface area contributed by atoms with Crippen LogP contribution in [0.25, 0.3) is 86.3 Å². The molecule has 0 aliphatic heterocycles. The average Bonchev–Trinajstić information content (AvgIpc) is 0.820. The van der Waals surface area contributed by atoms with E-state index >= 15 is 0 Å². The van der Waals surface area contributed by atoms with Gasteiger partial charge in [0.15, 0.2) is 46.3 Å². The number of phenolic OH excluding ortho intramolecular Hbond substituents is 3. The largest absolute Gasteiger partial charge is 0.505 e. The molecule has 4 amide bonds. The number of nitrogens with zero attached hydrogens (tertiary/aromatic N) is 32. The number of azo groups is 4. The molecule has 10 aromatic heterocycles. The SMILES string of the molecule is [C-]#[N+]c1ccc(NC(=O)c2cc3ccccc3c(N=Nc3c([N+]#[C-])cnn3-c3ncccn3)c2O)nc1.[C-]#[N+]c1cnn(-c2ncccn2)c1N=Nc1c(O)c(C(=O)Nc2ccc(NC(=O)c3cc4ccccc4c(N=Nc4c(C#N)cnn4-c4ncccn4)c3O)cc2)cc2ccccc12.[C-]#[N+]c1cnn(-c2ncccn2)c1N=Nc1c(Oc2ncccn2)c(C(=O)Nc2ccccc2)cc2ccccc12. The minimum atomic E-state index is -0.678. The number of nitrogens with one attached hydrogen (secondary N) is 4. The van der Waals surface area contributed by atoms with Crippen molar-refractivity contribution in [1.29, 1.82) is 5.26 Å². The van der Waals surface area contributed by atoms with Crippen LogP contribution in [-0.2, 0) is 0 Å². The van der Waals surface area contributed by atoms with Crippen molar-refractivity contribution in [1.82, 2.24) is 93.9 Å². The first-order valence-electron chi connectivity index (χ1n) is 41.7. The van der Waals surface area contributed by atoms with E-state index in [1.165, 1.54) is 154 Å². The predicted molar refractivity (Wildman–Crippen MR) is 515 cm³/mol. The summed E-state index contributed by atoms with van der Waals surface area (Å²) in [7, 11) is 0. The second-order valence-corrected chi connectivity index (χ2v) is 29.3. The van der Waals surface area contributed by atoms with Crippen molar-refractivity contribution in [3.05, 3.63) is 385 Å². The molecule has 0 aliphatic rings. The highest BCUT2D eigenvalue weighted by Gasteiger charge is 2.28. The van der Waals surface area contributed by atoms with Crippen LogP contribution in [0.15, 0.2) is 352 Å². The lowest BCUT2D eigenvalue weighted by molar-refractivity contribution is 0.101. The van der Waals surface area contributed by atoms with E-state index in [-0.39, 0.29) is 132 Å². The Morgan fingerprint density at radius 3 is 1.01 bits per heavy atom. The molecule has 0 saturated heterocycles. The fourth-order valence-corrected chi connectivity index (χ4v) is 14.0. The molecule has 0 radical (unpaired) electrons. The third kappa shape index (κ3) is 19.3. The number of aromatic nitrogens is 19. The van der Waals surface area contributed by atoms with Gasteiger partial charge in [0.25, 0.3) is 64.5 Å². The molecule has 0 atom stereocenters. The zero-order chi connectivity index (χ0) is 98.0. The zero-order valence-electron chi connectivity index (χ0n) is 72.6. The molecule has 44 heteroatoms. The van der Waals surface area contributed by atoms with Crippen LogP contribution in [0, 0.1) is 37.6 Å². The maximum Gasteiger partial charge on any atom is 0.321 e. The summed E-state index contributed by atoms with van der Waals surface area (Å²) in [6, 6.07) is 63.0. The summed E-state index contributed by atoms with van der Waals surface area (Å²) >= 11 is 0. The summed E-state index contributed by atoms with van der Waals surface area (Å²) < 4.78 is 11.1. The van der Waals surface area contributed by atoms with Crippen LogP contribution in [-0.4, -0.2) is 133 Å². The number of fused-ring (bicyclic) bond motifs is 4. The molecule has 10 heterocycles. The Labute approximate surface area is 798 Å². The molecule has 0 saturated carbocycles. The van der Waals surface area contributed by atoms with Crippen LogP contribution in [0.1, 0.15) is 47.0 Å². The fraction of sp³-hybridized carbons (Fsp3) is 0. The lowest BCUT2D eigenvalue weighted by Crippen LogP contribution is -2.13. The molecule has 0 spiro atoms. The number of amides is 4. The first kappa shape index (κ1) is 90.1. The Bertz CT molecular complexity index is 8410. The van der Waals surface area contributed by atoms with Crippen LogP contribution >= 0.6 is 0 Å². The molecular formula is C98H58N36O8. The van der Waals surface area contributed by atoms with E-state index in [0.29, 0.717) is 65.8 Å². The van der Waals surface area contributed by atoms with E-state index in [1.807, 2.05) is 48.5 Å². The Kier molecular flexibility index (Phi) is 26.1. The quantitative estimate of drug-likeness (QED) is 0.0245. The van der Waals surface area contributed by atoms with Crippen LogP contribution < -0.4 is 26.0 Å². The Morgan fingerprint density at radius 1 is 0.324 bits per heavy atom. The smallest absolute Gasteiger partial charge is 0.321 e. The highest BCUT2D eigenvalue weighted by atomic mass is 16.5. The predicted octanol–water partition coefficient (Wildman–Crippen LogP) is 21.4. The van der Waals surface area contributed by atoms with E-state index < -0.39 is 40.9 Å². The Morgan fingerprint density at radius 2 is 0.641 bits per heavy atom. The van der Waals surface area contributed by atoms with Gasteiger partial charge in [-0.3, -0.25) is 24.2 Å². The maximum atomic E-state index is 13.7. The van der Waals surface area contributed by atoms with E-state index in [9.17, 15) is 39.8 Å². The molecule has 0 bridgehead atoms. The number of para-hydroxylation sites is 1. The van der Waals surface area contributed by atoms with Crippen LogP contribution in [0.4, 0.5) is 91.7 Å². The topological polar surface area (TPSA) is 540 Å². The zero-order valence-corrected chi connectivity index (χ0v) is 72.6. The standard InChI is InChI=1S/C44H26N16O4.C29H18N10O2.C25H14N10O2/c1-46-34-24-52-60(44-49-18-7-19-50-44)40(34)58-56-36-31-11-5-3-9-26(31)21-33(38(36)62)42(64)54-29-14-12-28(13-15-29)53-41(63)32-20-25-8-2-4-10-30(25)35(37(32)61)55-57-39-27(22-45)23-51-59(39)43-47-16-6-17-48-43;1-30-23-18-35-39(28-31-13-7-14-32-28)26(23)38-37-24-21-12-6-5-9-19(21)17-22(25(24)41-29-33-15-8-16-34-29)27(40)36-20-10-3-2-4-11-20;1-26-16-8-9-20(30-13-16)32-24(37)18-12-15-6-3-4-7-17(15)21(22(18)36)33-34-23-19(27-2)14-31-35(23)25-28-10-5-11-29-25/h2-21,23-24,61-62H,(H,53,63)(H,54,64);2-18H,(H,36,40);3-14,36H,(H,30,32,37). The number of pyridine rings is 1. The highest BCUT2D eigenvalue weighted by Crippen LogP contribution is 2.47. The van der Waals surface area contributed by atoms with E-state index in [0.717, 1.165) is 0 Å². The number of phenols is 3. The summed E-state index contributed by atoms with van der Waals surface area (Å²) in [6.45, 7) is 29.6. The van der Waals surface area contributed by atoms with Gasteiger partial charge in [-0.15, -0.1) is 40.9 Å². The molecule has 10 aromatic carbocycles. The van der Waals surface area contributed by atoms with Gasteiger partial charge < -0.3 is 41.3 Å². The average molecular weight is 1870 g/mol. The Balaban J connectivity index is 0.000000148. The van der Waals surface area contributed by atoms with Crippen LogP contribution in [0.3, 0.4) is 0 Å². The lowest BCUT2D eigenvalue weighted by atomic mass is 10.0. The first-order chi connectivity index (χ1) is 69.6. The molecule has 20 rings (SSSR count). The number of anilines is 4. The van der Waals surface area contributed by atoms with Gasteiger partial charge in [-0.05, 0) is 119 Å². The molecule has 0 unspecified atom stereocenters. The number of nitriles is 1. The number of aromatic hydroxyl groups is 3. The van der Waals surface area contributed by atoms with E-state index in [1.54, 1.807) is 134 Å². The van der Waals surface area contributed by atoms with Crippen molar-refractivity contribution < 1.29 is 39.2 Å². The molecule has 7 N–H and O–H groups in total. The highest BCUT2D eigenvalue weighted by molar-refractivity contribution is 6.15. The number of carbonyl (C=O) groups excluding carboxylic acids is 4. The number of carbonyl (C=O) groups is 4. The van der Waals surface area contributed by atoms with E-state index in [4.69, 9.17) is 31.0 Å². The number of hydrogen-bond donors (Lipinski definition) is 7. The van der Waals surface area contributed by atoms with Gasteiger partial charge in [0.05, 0.1) is 73.3 Å². The van der Waals surface area contributed by atoms with E-state index in [2.05, 4.69) is 157 Å². The summed E-state index contributed by atoms with van der Waals surface area (Å²) in [5.41, 5.74) is 2.02. The van der Waals surface area contributed by atoms with Crippen molar-refractivity contribution in [2.75, 3.05) is 21.3 Å². The minimum Gasteiger partial charge on any atom is -0.505 e. The van der Waals surface area contributed by atoms with Gasteiger partial charge in [0.1, 0.15) is 40.2 Å². The van der Waals surface area contributed by atoms with Crippen molar-refractivity contribution in [3.63, 3.8) is 0 Å². The second-order valence-electron chi connectivity index (χ2n) is 29.3. The number of hydrogen-bond acceptors (Lipinski definition) is 32. The summed E-state index contributed by atoms with van der Waals surface area (Å²) in [5.74, 6) is -2.60. The first-order valence-corrected chi connectivity index (χ1v) is 41.7. The van der Waals surface area contributed by atoms with Gasteiger partial charge in [-0.25, -0.2) is 69.2 Å². The molecule has 20 aromatic rings. The molecular weight excluding hydrogens is 1810 g/mol. The van der Waals surface area contributed by atoms with Gasteiger partial charge in [0, 0.05) is 107 Å². The third-order valence-corrected chi connectivity index (χ3v) is 20.6. The molecule has 0 fully saturated rings. The number of ether oxygens (including phenoxy) is 1. The second kappa shape index (κ2) is 41.1.